The Morgan fingerprint density at radius 2 is 1.92 bits per heavy atom. The van der Waals surface area contributed by atoms with Crippen LogP contribution >= 0.6 is 0 Å². The third-order valence-corrected chi connectivity index (χ3v) is 4.85. The van der Waals surface area contributed by atoms with Crippen LogP contribution in [0, 0.1) is 23.2 Å². The van der Waals surface area contributed by atoms with Crippen molar-refractivity contribution in [1.82, 2.24) is 0 Å². The van der Waals surface area contributed by atoms with Crippen LogP contribution in [0.3, 0.4) is 0 Å². The first-order valence-electron chi connectivity index (χ1n) is 5.28. The highest BCUT2D eigenvalue weighted by Gasteiger charge is 2.72. The number of hydrogen-bond acceptors (Lipinski definition) is 1. The first kappa shape index (κ1) is 7.37. The highest BCUT2D eigenvalue weighted by atomic mass is 16.3. The Balaban J connectivity index is 1.95. The van der Waals surface area contributed by atoms with Crippen LogP contribution in [0.15, 0.2) is 0 Å². The fourth-order valence-corrected chi connectivity index (χ4v) is 4.50. The van der Waals surface area contributed by atoms with Crippen LogP contribution < -0.4 is 0 Å². The van der Waals surface area contributed by atoms with Gasteiger partial charge >= 0.3 is 0 Å². The van der Waals surface area contributed by atoms with E-state index < -0.39 is 0 Å². The van der Waals surface area contributed by atoms with Crippen molar-refractivity contribution >= 4 is 0 Å². The zero-order chi connectivity index (χ0) is 8.56. The number of fused-ring (bicyclic) bond motifs is 1. The quantitative estimate of drug-likeness (QED) is 0.585. The topological polar surface area (TPSA) is 20.2 Å². The van der Waals surface area contributed by atoms with E-state index in [4.69, 9.17) is 0 Å². The average molecular weight is 166 g/mol. The van der Waals surface area contributed by atoms with Gasteiger partial charge in [0.25, 0.3) is 0 Å². The van der Waals surface area contributed by atoms with Gasteiger partial charge in [-0.2, -0.15) is 0 Å². The molecule has 1 spiro atoms. The monoisotopic (exact) mass is 166 g/mol. The zero-order valence-corrected chi connectivity index (χ0v) is 8.01. The van der Waals surface area contributed by atoms with Gasteiger partial charge in [-0.1, -0.05) is 13.8 Å². The van der Waals surface area contributed by atoms with Gasteiger partial charge in [0.05, 0.1) is 5.60 Å². The molecular formula is C11H18O. The Hall–Kier alpha value is -0.0400. The van der Waals surface area contributed by atoms with E-state index in [1.54, 1.807) is 0 Å². The molecule has 0 aromatic heterocycles. The third-order valence-electron chi connectivity index (χ3n) is 4.85. The molecule has 68 valence electrons. The van der Waals surface area contributed by atoms with E-state index in [1.807, 2.05) is 0 Å². The van der Waals surface area contributed by atoms with E-state index in [2.05, 4.69) is 13.8 Å². The van der Waals surface area contributed by atoms with Crippen LogP contribution in [-0.2, 0) is 0 Å². The summed E-state index contributed by atoms with van der Waals surface area (Å²) in [6.07, 6.45) is 4.69. The van der Waals surface area contributed by atoms with Gasteiger partial charge in [-0.05, 0) is 48.9 Å². The minimum absolute atomic E-state index is 0.241. The fraction of sp³-hybridized carbons (Fsp3) is 1.00. The van der Waals surface area contributed by atoms with Gasteiger partial charge < -0.3 is 5.11 Å². The second-order valence-electron chi connectivity index (χ2n) is 5.75. The van der Waals surface area contributed by atoms with Crippen LogP contribution in [0.4, 0.5) is 0 Å². The molecule has 0 aromatic carbocycles. The summed E-state index contributed by atoms with van der Waals surface area (Å²) in [5.74, 6) is 2.56. The van der Waals surface area contributed by atoms with E-state index in [0.717, 1.165) is 37.0 Å². The van der Waals surface area contributed by atoms with Gasteiger partial charge in [0.15, 0.2) is 0 Å². The highest BCUT2D eigenvalue weighted by Crippen LogP contribution is 2.76. The maximum atomic E-state index is 10.2. The first-order valence-corrected chi connectivity index (χ1v) is 5.28. The van der Waals surface area contributed by atoms with Gasteiger partial charge in [-0.25, -0.2) is 0 Å². The van der Waals surface area contributed by atoms with Gasteiger partial charge in [0.2, 0.25) is 0 Å². The molecule has 0 aliphatic heterocycles. The second kappa shape index (κ2) is 1.75. The minimum Gasteiger partial charge on any atom is -0.390 e. The largest absolute Gasteiger partial charge is 0.390 e. The molecule has 12 heavy (non-hydrogen) atoms. The Kier molecular flexibility index (Phi) is 1.07. The molecule has 0 saturated heterocycles. The molecule has 3 rings (SSSR count). The van der Waals surface area contributed by atoms with Crippen LogP contribution in [0.5, 0.6) is 0 Å². The summed E-state index contributed by atoms with van der Waals surface area (Å²) in [5, 5.41) is 10.2. The summed E-state index contributed by atoms with van der Waals surface area (Å²) >= 11 is 0. The lowest BCUT2D eigenvalue weighted by Gasteiger charge is -2.36. The summed E-state index contributed by atoms with van der Waals surface area (Å²) in [6.45, 7) is 4.68. The van der Waals surface area contributed by atoms with E-state index in [9.17, 15) is 5.11 Å². The van der Waals surface area contributed by atoms with Gasteiger partial charge in [-0.3, -0.25) is 0 Å². The van der Waals surface area contributed by atoms with Gasteiger partial charge in [0, 0.05) is 0 Å². The molecule has 3 fully saturated rings. The number of rotatable bonds is 0. The molecule has 5 atom stereocenters. The van der Waals surface area contributed by atoms with Gasteiger partial charge in [-0.15, -0.1) is 0 Å². The van der Waals surface area contributed by atoms with E-state index in [0.29, 0.717) is 5.41 Å². The predicted octanol–water partition coefficient (Wildman–Crippen LogP) is 2.19. The van der Waals surface area contributed by atoms with Crippen molar-refractivity contribution in [1.29, 1.82) is 0 Å². The van der Waals surface area contributed by atoms with Crippen molar-refractivity contribution in [2.75, 3.05) is 0 Å². The normalized spacial score (nSPS) is 67.8. The molecule has 3 aliphatic carbocycles. The van der Waals surface area contributed by atoms with E-state index in [1.165, 1.54) is 6.42 Å². The second-order valence-corrected chi connectivity index (χ2v) is 5.75. The molecule has 0 heterocycles. The smallest absolute Gasteiger partial charge is 0.0658 e. The van der Waals surface area contributed by atoms with Crippen LogP contribution in [0.1, 0.15) is 39.5 Å². The lowest BCUT2D eigenvalue weighted by atomic mass is 9.73. The van der Waals surface area contributed by atoms with Crippen LogP contribution in [0.2, 0.25) is 0 Å². The zero-order valence-electron chi connectivity index (χ0n) is 8.01. The van der Waals surface area contributed by atoms with Crippen molar-refractivity contribution in [2.45, 2.75) is 45.1 Å². The lowest BCUT2D eigenvalue weighted by Crippen LogP contribution is -2.35. The molecule has 3 aliphatic rings. The summed E-state index contributed by atoms with van der Waals surface area (Å²) in [7, 11) is 0. The molecule has 0 aromatic rings. The molecular weight excluding hydrogens is 148 g/mol. The average Bonchev–Trinajstić information content (AvgIpc) is 2.37. The molecule has 1 N–H and O–H groups in total. The summed E-state index contributed by atoms with van der Waals surface area (Å²) in [4.78, 5) is 0. The van der Waals surface area contributed by atoms with Crippen LogP contribution in [-0.4, -0.2) is 10.7 Å². The van der Waals surface area contributed by atoms with E-state index in [-0.39, 0.29) is 5.60 Å². The Morgan fingerprint density at radius 1 is 1.17 bits per heavy atom. The summed E-state index contributed by atoms with van der Waals surface area (Å²) in [6, 6.07) is 0. The Morgan fingerprint density at radius 3 is 2.67 bits per heavy atom. The maximum Gasteiger partial charge on any atom is 0.0658 e. The molecule has 0 amide bonds. The van der Waals surface area contributed by atoms with Crippen LogP contribution in [0.25, 0.3) is 0 Å². The predicted molar refractivity (Wildman–Crippen MR) is 47.7 cm³/mol. The van der Waals surface area contributed by atoms with Crippen molar-refractivity contribution in [3.8, 4) is 0 Å². The molecule has 3 saturated carbocycles. The Labute approximate surface area is 74.2 Å². The lowest BCUT2D eigenvalue weighted by molar-refractivity contribution is -0.0239. The van der Waals surface area contributed by atoms with E-state index >= 15 is 0 Å². The highest BCUT2D eigenvalue weighted by molar-refractivity contribution is 5.21. The third kappa shape index (κ3) is 0.654. The molecule has 0 radical (unpaired) electrons. The molecule has 1 nitrogen and oxygen atoms in total. The van der Waals surface area contributed by atoms with Crippen molar-refractivity contribution in [3.63, 3.8) is 0 Å². The SMILES string of the molecule is CC1CC23C[C@@](O)(C1)CC2[C@H]3C. The number of hydrogen-bond donors (Lipinski definition) is 1. The summed E-state index contributed by atoms with van der Waals surface area (Å²) in [5.41, 5.74) is 0.362. The van der Waals surface area contributed by atoms with Crippen molar-refractivity contribution in [2.24, 2.45) is 23.2 Å². The number of aliphatic hydroxyl groups is 1. The Bertz CT molecular complexity index is 237. The van der Waals surface area contributed by atoms with Crippen molar-refractivity contribution in [3.05, 3.63) is 0 Å². The fourth-order valence-electron chi connectivity index (χ4n) is 4.50. The molecule has 3 unspecified atom stereocenters. The van der Waals surface area contributed by atoms with Gasteiger partial charge in [0.1, 0.15) is 0 Å². The first-order chi connectivity index (χ1) is 5.56. The molecule has 2 bridgehead atoms. The standard InChI is InChI=1S/C11H18O/c1-7-3-10(12)5-9-8(2)11(9,4-7)6-10/h7-9,12H,3-6H2,1-2H3/t7?,8-,9?,10-,11?/m1/s1. The maximum absolute atomic E-state index is 10.2. The molecule has 1 heteroatoms. The van der Waals surface area contributed by atoms with Crippen molar-refractivity contribution < 1.29 is 5.11 Å². The summed E-state index contributed by atoms with van der Waals surface area (Å²) < 4.78 is 0. The minimum atomic E-state index is -0.241.